The van der Waals surface area contributed by atoms with Gasteiger partial charge in [-0.2, -0.15) is 0 Å². The zero-order valence-electron chi connectivity index (χ0n) is 20.0. The molecule has 4 heteroatoms. The monoisotopic (exact) mass is 456 g/mol. The lowest BCUT2D eigenvalue weighted by molar-refractivity contribution is 0.588. The van der Waals surface area contributed by atoms with Gasteiger partial charge in [0.05, 0.1) is 23.0 Å². The van der Waals surface area contributed by atoms with Crippen LogP contribution in [0, 0.1) is 11.6 Å². The van der Waals surface area contributed by atoms with Crippen LogP contribution in [0.1, 0.15) is 68.0 Å². The van der Waals surface area contributed by atoms with E-state index < -0.39 is 11.6 Å². The number of anilines is 1. The van der Waals surface area contributed by atoms with Crippen LogP contribution in [0.15, 0.2) is 84.9 Å². The van der Waals surface area contributed by atoms with Crippen molar-refractivity contribution in [2.24, 2.45) is 0 Å². The fourth-order valence-electron chi connectivity index (χ4n) is 4.33. The first kappa shape index (κ1) is 23.6. The Labute approximate surface area is 200 Å². The Balaban J connectivity index is 1.87. The van der Waals surface area contributed by atoms with Crippen molar-refractivity contribution in [1.29, 1.82) is 0 Å². The second-order valence-electron chi connectivity index (χ2n) is 9.15. The second-order valence-corrected chi connectivity index (χ2v) is 9.15. The van der Waals surface area contributed by atoms with E-state index in [1.165, 1.54) is 29.3 Å². The largest absolute Gasteiger partial charge is 0.372 e. The minimum atomic E-state index is -0.624. The van der Waals surface area contributed by atoms with Gasteiger partial charge in [-0.25, -0.2) is 8.78 Å². The molecule has 1 aromatic heterocycles. The van der Waals surface area contributed by atoms with Crippen molar-refractivity contribution in [2.75, 3.05) is 5.32 Å². The molecule has 4 aromatic rings. The predicted molar refractivity (Wildman–Crippen MR) is 136 cm³/mol. The number of hydrogen-bond acceptors (Lipinski definition) is 2. The highest BCUT2D eigenvalue weighted by atomic mass is 19.1. The number of pyridine rings is 1. The topological polar surface area (TPSA) is 24.9 Å². The van der Waals surface area contributed by atoms with Gasteiger partial charge in [-0.05, 0) is 52.8 Å². The van der Waals surface area contributed by atoms with Gasteiger partial charge in [0.25, 0.3) is 0 Å². The molecule has 0 radical (unpaired) electrons. The summed E-state index contributed by atoms with van der Waals surface area (Å²) in [4.78, 5) is 4.74. The van der Waals surface area contributed by atoms with Crippen LogP contribution in [0.3, 0.4) is 0 Å². The molecule has 0 saturated heterocycles. The minimum absolute atomic E-state index is 0.110. The van der Waals surface area contributed by atoms with Gasteiger partial charge in [0.2, 0.25) is 0 Å². The van der Waals surface area contributed by atoms with Crippen molar-refractivity contribution in [3.05, 3.63) is 119 Å². The lowest BCUT2D eigenvalue weighted by Crippen LogP contribution is -2.17. The summed E-state index contributed by atoms with van der Waals surface area (Å²) >= 11 is 0. The molecule has 1 unspecified atom stereocenters. The predicted octanol–water partition coefficient (Wildman–Crippen LogP) is 8.48. The number of nitrogens with zero attached hydrogens (tertiary/aromatic N) is 1. The van der Waals surface area contributed by atoms with E-state index in [-0.39, 0.29) is 17.3 Å². The molecule has 0 saturated carbocycles. The van der Waals surface area contributed by atoms with Crippen molar-refractivity contribution in [3.63, 3.8) is 0 Å². The molecule has 1 atom stereocenters. The Kier molecular flexibility index (Phi) is 7.06. The first-order valence-electron chi connectivity index (χ1n) is 11.7. The smallest absolute Gasteiger partial charge is 0.135 e. The van der Waals surface area contributed by atoms with Gasteiger partial charge in [-0.3, -0.25) is 4.98 Å². The second kappa shape index (κ2) is 10.2. The normalized spacial score (nSPS) is 12.2. The Morgan fingerprint density at radius 1 is 0.647 bits per heavy atom. The Morgan fingerprint density at radius 3 is 1.79 bits per heavy atom. The molecule has 1 N–H and O–H groups in total. The molecule has 4 rings (SSSR count). The van der Waals surface area contributed by atoms with Crippen LogP contribution in [0.5, 0.6) is 0 Å². The Morgan fingerprint density at radius 2 is 1.21 bits per heavy atom. The molecule has 174 valence electrons. The van der Waals surface area contributed by atoms with Crippen LogP contribution in [0.4, 0.5) is 14.5 Å². The average Bonchev–Trinajstić information content (AvgIpc) is 2.83. The maximum Gasteiger partial charge on any atom is 0.135 e. The number of halogens is 2. The maximum absolute atomic E-state index is 14.5. The number of rotatable bonds is 7. The molecule has 0 bridgehead atoms. The highest BCUT2D eigenvalue weighted by molar-refractivity contribution is 5.64. The SMILES string of the molecule is CC(C)c1cccc(C(C)C)c1NC(c1ccccc1)c1cccc(-c2c(F)cccc2F)n1. The van der Waals surface area contributed by atoms with E-state index in [0.29, 0.717) is 17.5 Å². The first-order valence-corrected chi connectivity index (χ1v) is 11.7. The van der Waals surface area contributed by atoms with Gasteiger partial charge in [-0.1, -0.05) is 88.4 Å². The van der Waals surface area contributed by atoms with E-state index in [4.69, 9.17) is 4.98 Å². The summed E-state index contributed by atoms with van der Waals surface area (Å²) in [5, 5.41) is 3.77. The summed E-state index contributed by atoms with van der Waals surface area (Å²) in [6.07, 6.45) is 0. The number of nitrogens with one attached hydrogen (secondary N) is 1. The van der Waals surface area contributed by atoms with Crippen molar-refractivity contribution >= 4 is 5.69 Å². The van der Waals surface area contributed by atoms with E-state index in [2.05, 4.69) is 51.2 Å². The van der Waals surface area contributed by atoms with Gasteiger partial charge in [0, 0.05) is 5.69 Å². The Bertz CT molecular complexity index is 1220. The first-order chi connectivity index (χ1) is 16.4. The third-order valence-electron chi connectivity index (χ3n) is 6.08. The molecule has 3 aromatic carbocycles. The van der Waals surface area contributed by atoms with Crippen molar-refractivity contribution in [2.45, 2.75) is 45.6 Å². The standard InChI is InChI=1S/C30H30F2N2/c1-19(2)22-13-8-14-23(20(3)4)30(22)34-29(21-11-6-5-7-12-21)27-18-10-17-26(33-27)28-24(31)15-9-16-25(28)32/h5-20,29,34H,1-4H3. The summed E-state index contributed by atoms with van der Waals surface area (Å²) in [5.41, 5.74) is 5.42. The zero-order valence-corrected chi connectivity index (χ0v) is 20.0. The number of aromatic nitrogens is 1. The van der Waals surface area contributed by atoms with Gasteiger partial charge in [0.15, 0.2) is 0 Å². The van der Waals surface area contributed by atoms with Crippen LogP contribution < -0.4 is 5.32 Å². The molecule has 34 heavy (non-hydrogen) atoms. The van der Waals surface area contributed by atoms with E-state index in [0.717, 1.165) is 11.3 Å². The molecular weight excluding hydrogens is 426 g/mol. The Hall–Kier alpha value is -3.53. The molecule has 0 aliphatic heterocycles. The number of benzene rings is 3. The fraction of sp³-hybridized carbons (Fsp3) is 0.233. The quantitative estimate of drug-likeness (QED) is 0.302. The summed E-state index contributed by atoms with van der Waals surface area (Å²) in [6, 6.07) is 25.4. The van der Waals surface area contributed by atoms with Crippen molar-refractivity contribution < 1.29 is 8.78 Å². The minimum Gasteiger partial charge on any atom is -0.372 e. The van der Waals surface area contributed by atoms with Crippen LogP contribution >= 0.6 is 0 Å². The van der Waals surface area contributed by atoms with Crippen molar-refractivity contribution in [1.82, 2.24) is 4.98 Å². The molecule has 0 spiro atoms. The molecule has 0 aliphatic rings. The van der Waals surface area contributed by atoms with Gasteiger partial charge < -0.3 is 5.32 Å². The lowest BCUT2D eigenvalue weighted by Gasteiger charge is -2.27. The third kappa shape index (κ3) is 4.86. The molecule has 0 aliphatic carbocycles. The molecule has 0 fully saturated rings. The van der Waals surface area contributed by atoms with Crippen LogP contribution in [-0.4, -0.2) is 4.98 Å². The van der Waals surface area contributed by atoms with Gasteiger partial charge in [0.1, 0.15) is 11.6 Å². The van der Waals surface area contributed by atoms with E-state index >= 15 is 0 Å². The maximum atomic E-state index is 14.5. The summed E-state index contributed by atoms with van der Waals surface area (Å²) in [5.74, 6) is -0.601. The van der Waals surface area contributed by atoms with Crippen LogP contribution in [-0.2, 0) is 0 Å². The molecule has 1 heterocycles. The van der Waals surface area contributed by atoms with E-state index in [1.807, 2.05) is 36.4 Å². The average molecular weight is 457 g/mol. The van der Waals surface area contributed by atoms with E-state index in [9.17, 15) is 8.78 Å². The van der Waals surface area contributed by atoms with Gasteiger partial charge in [-0.15, -0.1) is 0 Å². The number of hydrogen-bond donors (Lipinski definition) is 1. The highest BCUT2D eigenvalue weighted by Gasteiger charge is 2.22. The summed E-state index contributed by atoms with van der Waals surface area (Å²) in [6.45, 7) is 8.73. The molecular formula is C30H30F2N2. The van der Waals surface area contributed by atoms with E-state index in [1.54, 1.807) is 12.1 Å². The van der Waals surface area contributed by atoms with Crippen LogP contribution in [0.25, 0.3) is 11.3 Å². The molecule has 0 amide bonds. The van der Waals surface area contributed by atoms with Crippen LogP contribution in [0.2, 0.25) is 0 Å². The zero-order chi connectivity index (χ0) is 24.2. The fourth-order valence-corrected chi connectivity index (χ4v) is 4.33. The van der Waals surface area contributed by atoms with Crippen molar-refractivity contribution in [3.8, 4) is 11.3 Å². The lowest BCUT2D eigenvalue weighted by atomic mass is 9.91. The summed E-state index contributed by atoms with van der Waals surface area (Å²) in [7, 11) is 0. The molecule has 2 nitrogen and oxygen atoms in total. The third-order valence-corrected chi connectivity index (χ3v) is 6.08. The van der Waals surface area contributed by atoms with Gasteiger partial charge >= 0.3 is 0 Å². The highest BCUT2D eigenvalue weighted by Crippen LogP contribution is 2.37. The summed E-state index contributed by atoms with van der Waals surface area (Å²) < 4.78 is 29.1. The number of para-hydroxylation sites is 1.